The van der Waals surface area contributed by atoms with Gasteiger partial charge in [-0.05, 0) is 24.5 Å². The van der Waals surface area contributed by atoms with Crippen molar-refractivity contribution in [1.29, 1.82) is 0 Å². The van der Waals surface area contributed by atoms with E-state index in [0.29, 0.717) is 5.41 Å². The monoisotopic (exact) mass is 174 g/mol. The first-order valence-corrected chi connectivity index (χ1v) is 5.00. The fourth-order valence-electron chi connectivity index (χ4n) is 1.86. The van der Waals surface area contributed by atoms with E-state index >= 15 is 0 Å². The SMILES string of the molecule is CC(C)CC1(CCS)COC1. The van der Waals surface area contributed by atoms with Crippen molar-refractivity contribution in [2.24, 2.45) is 11.3 Å². The lowest BCUT2D eigenvalue weighted by molar-refractivity contribution is -0.124. The van der Waals surface area contributed by atoms with Crippen LogP contribution in [0.15, 0.2) is 0 Å². The van der Waals surface area contributed by atoms with Gasteiger partial charge in [0.1, 0.15) is 0 Å². The Balaban J connectivity index is 2.33. The standard InChI is InChI=1S/C9H18OS/c1-8(2)5-9(3-4-11)6-10-7-9/h8,11H,3-7H2,1-2H3. The van der Waals surface area contributed by atoms with Crippen molar-refractivity contribution >= 4 is 12.6 Å². The molecule has 1 nitrogen and oxygen atoms in total. The molecule has 0 amide bonds. The maximum absolute atomic E-state index is 5.26. The van der Waals surface area contributed by atoms with Gasteiger partial charge in [-0.25, -0.2) is 0 Å². The van der Waals surface area contributed by atoms with Gasteiger partial charge < -0.3 is 4.74 Å². The minimum Gasteiger partial charge on any atom is -0.380 e. The first-order chi connectivity index (χ1) is 5.18. The normalized spacial score (nSPS) is 21.8. The van der Waals surface area contributed by atoms with Crippen molar-refractivity contribution in [1.82, 2.24) is 0 Å². The Morgan fingerprint density at radius 2 is 2.09 bits per heavy atom. The van der Waals surface area contributed by atoms with E-state index < -0.39 is 0 Å². The molecule has 0 bridgehead atoms. The Morgan fingerprint density at radius 3 is 2.36 bits per heavy atom. The largest absolute Gasteiger partial charge is 0.380 e. The van der Waals surface area contributed by atoms with E-state index in [2.05, 4.69) is 26.5 Å². The van der Waals surface area contributed by atoms with Gasteiger partial charge in [0.2, 0.25) is 0 Å². The lowest BCUT2D eigenvalue weighted by Crippen LogP contribution is -2.43. The molecule has 0 aromatic heterocycles. The van der Waals surface area contributed by atoms with Crippen LogP contribution in [0.3, 0.4) is 0 Å². The Bertz CT molecular complexity index is 119. The van der Waals surface area contributed by atoms with Crippen LogP contribution in [0.4, 0.5) is 0 Å². The summed E-state index contributed by atoms with van der Waals surface area (Å²) in [5, 5.41) is 0. The van der Waals surface area contributed by atoms with Crippen LogP contribution in [-0.4, -0.2) is 19.0 Å². The molecule has 0 unspecified atom stereocenters. The van der Waals surface area contributed by atoms with Gasteiger partial charge in [-0.2, -0.15) is 12.6 Å². The van der Waals surface area contributed by atoms with E-state index in [4.69, 9.17) is 4.74 Å². The molecule has 0 saturated carbocycles. The van der Waals surface area contributed by atoms with E-state index in [0.717, 1.165) is 24.9 Å². The Hall–Kier alpha value is 0.310. The van der Waals surface area contributed by atoms with Crippen LogP contribution in [-0.2, 0) is 4.74 Å². The predicted octanol–water partition coefficient (Wildman–Crippen LogP) is 2.37. The van der Waals surface area contributed by atoms with Crippen LogP contribution in [0.2, 0.25) is 0 Å². The van der Waals surface area contributed by atoms with Gasteiger partial charge in [0.05, 0.1) is 13.2 Å². The number of ether oxygens (including phenoxy) is 1. The molecule has 1 rings (SSSR count). The summed E-state index contributed by atoms with van der Waals surface area (Å²) in [6.07, 6.45) is 2.52. The third-order valence-corrected chi connectivity index (χ3v) is 2.52. The van der Waals surface area contributed by atoms with Crippen LogP contribution in [0.1, 0.15) is 26.7 Å². The third kappa shape index (κ3) is 2.38. The minimum atomic E-state index is 0.496. The van der Waals surface area contributed by atoms with Crippen LogP contribution < -0.4 is 0 Å². The van der Waals surface area contributed by atoms with E-state index in [9.17, 15) is 0 Å². The molecule has 0 N–H and O–H groups in total. The molecule has 0 radical (unpaired) electrons. The highest BCUT2D eigenvalue weighted by atomic mass is 32.1. The molecular weight excluding hydrogens is 156 g/mol. The molecule has 1 aliphatic heterocycles. The fraction of sp³-hybridized carbons (Fsp3) is 1.00. The van der Waals surface area contributed by atoms with Gasteiger partial charge in [-0.1, -0.05) is 13.8 Å². The summed E-state index contributed by atoms with van der Waals surface area (Å²) < 4.78 is 5.26. The molecule has 1 aliphatic rings. The molecule has 11 heavy (non-hydrogen) atoms. The highest BCUT2D eigenvalue weighted by molar-refractivity contribution is 7.80. The number of hydrogen-bond donors (Lipinski definition) is 1. The van der Waals surface area contributed by atoms with Crippen molar-refractivity contribution in [2.75, 3.05) is 19.0 Å². The Morgan fingerprint density at radius 1 is 1.45 bits per heavy atom. The van der Waals surface area contributed by atoms with Gasteiger partial charge in [0.25, 0.3) is 0 Å². The van der Waals surface area contributed by atoms with E-state index in [-0.39, 0.29) is 0 Å². The van der Waals surface area contributed by atoms with Crippen LogP contribution in [0, 0.1) is 11.3 Å². The van der Waals surface area contributed by atoms with Crippen molar-refractivity contribution in [3.8, 4) is 0 Å². The molecule has 1 heterocycles. The number of rotatable bonds is 4. The summed E-state index contributed by atoms with van der Waals surface area (Å²) in [5.41, 5.74) is 0.496. The molecule has 1 saturated heterocycles. The summed E-state index contributed by atoms with van der Waals surface area (Å²) in [6, 6.07) is 0. The second kappa shape index (κ2) is 3.81. The van der Waals surface area contributed by atoms with Gasteiger partial charge in [0.15, 0.2) is 0 Å². The molecule has 0 aliphatic carbocycles. The molecule has 0 aromatic rings. The zero-order valence-electron chi connectivity index (χ0n) is 7.47. The highest BCUT2D eigenvalue weighted by Gasteiger charge is 2.37. The lowest BCUT2D eigenvalue weighted by atomic mass is 9.76. The molecule has 1 fully saturated rings. The summed E-state index contributed by atoms with van der Waals surface area (Å²) in [4.78, 5) is 0. The highest BCUT2D eigenvalue weighted by Crippen LogP contribution is 2.37. The third-order valence-electron chi connectivity index (χ3n) is 2.30. The molecule has 0 spiro atoms. The quantitative estimate of drug-likeness (QED) is 0.644. The molecule has 2 heteroatoms. The number of hydrogen-bond acceptors (Lipinski definition) is 2. The maximum atomic E-state index is 5.26. The van der Waals surface area contributed by atoms with Crippen molar-refractivity contribution in [2.45, 2.75) is 26.7 Å². The Kier molecular flexibility index (Phi) is 3.26. The van der Waals surface area contributed by atoms with Gasteiger partial charge in [-0.3, -0.25) is 0 Å². The van der Waals surface area contributed by atoms with Crippen molar-refractivity contribution in [3.63, 3.8) is 0 Å². The van der Waals surface area contributed by atoms with Crippen LogP contribution in [0.25, 0.3) is 0 Å². The topological polar surface area (TPSA) is 9.23 Å². The summed E-state index contributed by atoms with van der Waals surface area (Å²) in [6.45, 7) is 6.48. The molecule has 66 valence electrons. The summed E-state index contributed by atoms with van der Waals surface area (Å²) >= 11 is 4.27. The van der Waals surface area contributed by atoms with Crippen molar-refractivity contribution < 1.29 is 4.74 Å². The van der Waals surface area contributed by atoms with E-state index in [1.807, 2.05) is 0 Å². The average Bonchev–Trinajstić information content (AvgIpc) is 1.82. The first kappa shape index (κ1) is 9.40. The van der Waals surface area contributed by atoms with E-state index in [1.54, 1.807) is 0 Å². The smallest absolute Gasteiger partial charge is 0.0545 e. The summed E-state index contributed by atoms with van der Waals surface area (Å²) in [5.74, 6) is 1.79. The molecule has 0 aromatic carbocycles. The average molecular weight is 174 g/mol. The lowest BCUT2D eigenvalue weighted by Gasteiger charge is -2.42. The first-order valence-electron chi connectivity index (χ1n) is 4.37. The predicted molar refractivity (Wildman–Crippen MR) is 51.2 cm³/mol. The zero-order chi connectivity index (χ0) is 8.32. The Labute approximate surface area is 74.9 Å². The second-order valence-electron chi connectivity index (χ2n) is 4.06. The van der Waals surface area contributed by atoms with Gasteiger partial charge in [0, 0.05) is 5.41 Å². The van der Waals surface area contributed by atoms with E-state index in [1.165, 1.54) is 12.8 Å². The molecular formula is C9H18OS. The fourth-order valence-corrected chi connectivity index (χ4v) is 2.33. The summed E-state index contributed by atoms with van der Waals surface area (Å²) in [7, 11) is 0. The van der Waals surface area contributed by atoms with Crippen LogP contribution in [0.5, 0.6) is 0 Å². The maximum Gasteiger partial charge on any atom is 0.0545 e. The van der Waals surface area contributed by atoms with Crippen molar-refractivity contribution in [3.05, 3.63) is 0 Å². The van der Waals surface area contributed by atoms with Crippen LogP contribution >= 0.6 is 12.6 Å². The zero-order valence-corrected chi connectivity index (χ0v) is 8.36. The molecule has 0 atom stereocenters. The van der Waals surface area contributed by atoms with Gasteiger partial charge in [-0.15, -0.1) is 0 Å². The minimum absolute atomic E-state index is 0.496. The number of thiol groups is 1. The second-order valence-corrected chi connectivity index (χ2v) is 4.51. The van der Waals surface area contributed by atoms with Gasteiger partial charge >= 0.3 is 0 Å².